The lowest BCUT2D eigenvalue weighted by molar-refractivity contribution is 0.462. The SMILES string of the molecule is CCC(C)CC(CC)Nc1cc(Br)cnc1Cl. The molecule has 1 rings (SSSR count). The van der Waals surface area contributed by atoms with Crippen molar-refractivity contribution >= 4 is 33.2 Å². The minimum atomic E-state index is 0.457. The van der Waals surface area contributed by atoms with Gasteiger partial charge in [-0.1, -0.05) is 38.8 Å². The van der Waals surface area contributed by atoms with Gasteiger partial charge in [0.05, 0.1) is 5.69 Å². The molecule has 0 aliphatic heterocycles. The molecule has 1 aromatic rings. The van der Waals surface area contributed by atoms with Crippen LogP contribution in [-0.4, -0.2) is 11.0 Å². The summed E-state index contributed by atoms with van der Waals surface area (Å²) < 4.78 is 0.947. The number of rotatable bonds is 6. The van der Waals surface area contributed by atoms with Crippen LogP contribution in [0.4, 0.5) is 5.69 Å². The van der Waals surface area contributed by atoms with Crippen LogP contribution < -0.4 is 5.32 Å². The zero-order chi connectivity index (χ0) is 12.8. The third-order valence-corrected chi connectivity index (χ3v) is 3.78. The Balaban J connectivity index is 2.69. The minimum Gasteiger partial charge on any atom is -0.380 e. The van der Waals surface area contributed by atoms with Crippen molar-refractivity contribution in [3.63, 3.8) is 0 Å². The lowest BCUT2D eigenvalue weighted by atomic mass is 9.98. The van der Waals surface area contributed by atoms with Gasteiger partial charge in [-0.25, -0.2) is 4.98 Å². The predicted octanol–water partition coefficient (Wildman–Crippen LogP) is 5.12. The fourth-order valence-corrected chi connectivity index (χ4v) is 2.21. The Morgan fingerprint density at radius 2 is 2.12 bits per heavy atom. The van der Waals surface area contributed by atoms with E-state index in [9.17, 15) is 0 Å². The Morgan fingerprint density at radius 3 is 2.71 bits per heavy atom. The highest BCUT2D eigenvalue weighted by Crippen LogP contribution is 2.25. The van der Waals surface area contributed by atoms with Crippen LogP contribution in [0.15, 0.2) is 16.7 Å². The fourth-order valence-electron chi connectivity index (χ4n) is 1.72. The van der Waals surface area contributed by atoms with E-state index < -0.39 is 0 Å². The molecule has 0 fully saturated rings. The number of anilines is 1. The molecular formula is C13H20BrClN2. The van der Waals surface area contributed by atoms with Crippen LogP contribution in [0.25, 0.3) is 0 Å². The summed E-state index contributed by atoms with van der Waals surface area (Å²) in [6.07, 6.45) is 5.18. The van der Waals surface area contributed by atoms with Crippen LogP contribution in [0, 0.1) is 5.92 Å². The van der Waals surface area contributed by atoms with Gasteiger partial charge in [0, 0.05) is 16.7 Å². The zero-order valence-electron chi connectivity index (χ0n) is 10.6. The maximum Gasteiger partial charge on any atom is 0.152 e. The van der Waals surface area contributed by atoms with Gasteiger partial charge in [0.15, 0.2) is 5.15 Å². The van der Waals surface area contributed by atoms with Crippen LogP contribution in [0.3, 0.4) is 0 Å². The van der Waals surface area contributed by atoms with Crippen molar-refractivity contribution in [1.29, 1.82) is 0 Å². The fraction of sp³-hybridized carbons (Fsp3) is 0.615. The molecule has 2 atom stereocenters. The second-order valence-electron chi connectivity index (χ2n) is 4.49. The molecule has 1 N–H and O–H groups in total. The van der Waals surface area contributed by atoms with Crippen molar-refractivity contribution in [1.82, 2.24) is 4.98 Å². The Bertz CT molecular complexity index is 357. The largest absolute Gasteiger partial charge is 0.380 e. The first kappa shape index (κ1) is 14.8. The van der Waals surface area contributed by atoms with Crippen molar-refractivity contribution in [2.24, 2.45) is 5.92 Å². The molecule has 0 spiro atoms. The molecule has 96 valence electrons. The van der Waals surface area contributed by atoms with E-state index in [1.165, 1.54) is 6.42 Å². The molecule has 1 aromatic heterocycles. The maximum atomic E-state index is 6.07. The summed E-state index contributed by atoms with van der Waals surface area (Å²) in [4.78, 5) is 4.12. The quantitative estimate of drug-likeness (QED) is 0.736. The molecule has 0 amide bonds. The Hall–Kier alpha value is -0.280. The second kappa shape index (κ2) is 7.22. The van der Waals surface area contributed by atoms with Gasteiger partial charge in [-0.2, -0.15) is 0 Å². The molecule has 17 heavy (non-hydrogen) atoms. The molecule has 0 radical (unpaired) electrons. The molecule has 0 aliphatic carbocycles. The van der Waals surface area contributed by atoms with Crippen LogP contribution >= 0.6 is 27.5 Å². The van der Waals surface area contributed by atoms with Crippen LogP contribution in [0.5, 0.6) is 0 Å². The van der Waals surface area contributed by atoms with E-state index in [4.69, 9.17) is 11.6 Å². The lowest BCUT2D eigenvalue weighted by Crippen LogP contribution is -2.21. The number of aromatic nitrogens is 1. The number of pyridine rings is 1. The Kier molecular flexibility index (Phi) is 6.28. The third-order valence-electron chi connectivity index (χ3n) is 3.04. The first-order chi connectivity index (χ1) is 8.06. The Labute approximate surface area is 117 Å². The minimum absolute atomic E-state index is 0.457. The molecular weight excluding hydrogens is 300 g/mol. The highest BCUT2D eigenvalue weighted by molar-refractivity contribution is 9.10. The molecule has 2 unspecified atom stereocenters. The van der Waals surface area contributed by atoms with Gasteiger partial charge in [-0.15, -0.1) is 0 Å². The summed E-state index contributed by atoms with van der Waals surface area (Å²) in [5, 5.41) is 4.02. The van der Waals surface area contributed by atoms with Gasteiger partial charge in [0.25, 0.3) is 0 Å². The third kappa shape index (κ3) is 4.84. The normalized spacial score (nSPS) is 14.4. The van der Waals surface area contributed by atoms with E-state index in [0.29, 0.717) is 11.2 Å². The van der Waals surface area contributed by atoms with Crippen molar-refractivity contribution in [3.05, 3.63) is 21.9 Å². The van der Waals surface area contributed by atoms with Gasteiger partial charge in [0.2, 0.25) is 0 Å². The zero-order valence-corrected chi connectivity index (χ0v) is 13.0. The first-order valence-corrected chi connectivity index (χ1v) is 7.31. The molecule has 0 bridgehead atoms. The van der Waals surface area contributed by atoms with Gasteiger partial charge >= 0.3 is 0 Å². The molecule has 0 saturated carbocycles. The van der Waals surface area contributed by atoms with Crippen molar-refractivity contribution < 1.29 is 0 Å². The second-order valence-corrected chi connectivity index (χ2v) is 5.76. The first-order valence-electron chi connectivity index (χ1n) is 6.14. The van der Waals surface area contributed by atoms with Crippen LogP contribution in [0.1, 0.15) is 40.0 Å². The summed E-state index contributed by atoms with van der Waals surface area (Å²) in [7, 11) is 0. The molecule has 0 saturated heterocycles. The number of nitrogens with one attached hydrogen (secondary N) is 1. The van der Waals surface area contributed by atoms with Crippen molar-refractivity contribution in [2.75, 3.05) is 5.32 Å². The van der Waals surface area contributed by atoms with E-state index in [1.54, 1.807) is 6.20 Å². The summed E-state index contributed by atoms with van der Waals surface area (Å²) in [6, 6.07) is 2.44. The van der Waals surface area contributed by atoms with Gasteiger partial charge in [-0.05, 0) is 40.8 Å². The molecule has 2 nitrogen and oxygen atoms in total. The highest BCUT2D eigenvalue weighted by Gasteiger charge is 2.12. The van der Waals surface area contributed by atoms with Gasteiger partial charge in [-0.3, -0.25) is 0 Å². The van der Waals surface area contributed by atoms with E-state index in [-0.39, 0.29) is 0 Å². The van der Waals surface area contributed by atoms with Gasteiger partial charge < -0.3 is 5.32 Å². The van der Waals surface area contributed by atoms with Crippen molar-refractivity contribution in [2.45, 2.75) is 46.1 Å². The highest BCUT2D eigenvalue weighted by atomic mass is 79.9. The van der Waals surface area contributed by atoms with E-state index >= 15 is 0 Å². The maximum absolute atomic E-state index is 6.07. The summed E-state index contributed by atoms with van der Waals surface area (Å²) in [6.45, 7) is 6.70. The average molecular weight is 320 g/mol. The molecule has 4 heteroatoms. The van der Waals surface area contributed by atoms with Gasteiger partial charge in [0.1, 0.15) is 0 Å². The average Bonchev–Trinajstić information content (AvgIpc) is 2.32. The summed E-state index contributed by atoms with van der Waals surface area (Å²) >= 11 is 9.48. The monoisotopic (exact) mass is 318 g/mol. The van der Waals surface area contributed by atoms with Crippen LogP contribution in [-0.2, 0) is 0 Å². The summed E-state index contributed by atoms with van der Waals surface area (Å²) in [5.41, 5.74) is 0.913. The number of halogens is 2. The molecule has 0 aromatic carbocycles. The molecule has 1 heterocycles. The van der Waals surface area contributed by atoms with E-state index in [2.05, 4.69) is 47.0 Å². The number of hydrogen-bond acceptors (Lipinski definition) is 2. The van der Waals surface area contributed by atoms with Crippen LogP contribution in [0.2, 0.25) is 5.15 Å². The topological polar surface area (TPSA) is 24.9 Å². The number of nitrogens with zero attached hydrogens (tertiary/aromatic N) is 1. The molecule has 0 aliphatic rings. The predicted molar refractivity (Wildman–Crippen MR) is 78.7 cm³/mol. The smallest absolute Gasteiger partial charge is 0.152 e. The number of hydrogen-bond donors (Lipinski definition) is 1. The van der Waals surface area contributed by atoms with E-state index in [0.717, 1.165) is 28.9 Å². The van der Waals surface area contributed by atoms with Crippen molar-refractivity contribution in [3.8, 4) is 0 Å². The van der Waals surface area contributed by atoms with E-state index in [1.807, 2.05) is 6.07 Å². The summed E-state index contributed by atoms with van der Waals surface area (Å²) in [5.74, 6) is 0.728. The standard InChI is InChI=1S/C13H20BrClN2/c1-4-9(3)6-11(5-2)17-12-7-10(14)8-16-13(12)15/h7-9,11,17H,4-6H2,1-3H3. The Morgan fingerprint density at radius 1 is 1.41 bits per heavy atom. The lowest BCUT2D eigenvalue weighted by Gasteiger charge is -2.21.